The first kappa shape index (κ1) is 11.3. The van der Waals surface area contributed by atoms with E-state index in [1.807, 2.05) is 0 Å². The lowest BCUT2D eigenvalue weighted by Crippen LogP contribution is -2.09. The Morgan fingerprint density at radius 1 is 1.24 bits per heavy atom. The highest BCUT2D eigenvalue weighted by Gasteiger charge is 2.39. The normalized spacial score (nSPS) is 11.7. The maximum atomic E-state index is 12.6. The van der Waals surface area contributed by atoms with Crippen LogP contribution in [0.3, 0.4) is 0 Å². The molecule has 0 amide bonds. The summed E-state index contributed by atoms with van der Waals surface area (Å²) in [5.74, 6) is 0. The fourth-order valence-corrected chi connectivity index (χ4v) is 1.54. The minimum atomic E-state index is -4.77. The average Bonchev–Trinajstić information content (AvgIpc) is 2.26. The SMILES string of the molecule is O=[N+]([O-])c1c(C(F)(F)F)ccc2cccnc12. The Bertz CT molecular complexity index is 596. The van der Waals surface area contributed by atoms with Crippen LogP contribution in [0, 0.1) is 10.1 Å². The molecular formula is C10H5F3N2O2. The molecule has 2 rings (SSSR count). The van der Waals surface area contributed by atoms with Crippen LogP contribution in [-0.2, 0) is 6.18 Å². The van der Waals surface area contributed by atoms with Crippen molar-refractivity contribution in [1.29, 1.82) is 0 Å². The van der Waals surface area contributed by atoms with E-state index in [4.69, 9.17) is 0 Å². The fraction of sp³-hybridized carbons (Fsp3) is 0.100. The van der Waals surface area contributed by atoms with Crippen LogP contribution in [0.5, 0.6) is 0 Å². The van der Waals surface area contributed by atoms with Crippen LogP contribution in [0.2, 0.25) is 0 Å². The van der Waals surface area contributed by atoms with Crippen molar-refractivity contribution in [1.82, 2.24) is 4.98 Å². The van der Waals surface area contributed by atoms with Crippen molar-refractivity contribution in [3.05, 3.63) is 46.1 Å². The zero-order valence-electron chi connectivity index (χ0n) is 8.23. The quantitative estimate of drug-likeness (QED) is 0.570. The number of nitrogens with zero attached hydrogens (tertiary/aromatic N) is 2. The Morgan fingerprint density at radius 2 is 1.94 bits per heavy atom. The number of aromatic nitrogens is 1. The van der Waals surface area contributed by atoms with Gasteiger partial charge in [-0.3, -0.25) is 10.1 Å². The second-order valence-electron chi connectivity index (χ2n) is 3.29. The topological polar surface area (TPSA) is 56.0 Å². The summed E-state index contributed by atoms with van der Waals surface area (Å²) in [6.07, 6.45) is -3.55. The number of benzene rings is 1. The molecule has 2 aromatic rings. The van der Waals surface area contributed by atoms with E-state index in [9.17, 15) is 23.3 Å². The second-order valence-corrected chi connectivity index (χ2v) is 3.29. The first-order chi connectivity index (χ1) is 7.91. The molecule has 7 heteroatoms. The number of nitro groups is 1. The monoisotopic (exact) mass is 242 g/mol. The molecule has 1 heterocycles. The number of halogens is 3. The summed E-state index contributed by atoms with van der Waals surface area (Å²) in [5.41, 5.74) is -2.54. The molecule has 0 radical (unpaired) electrons. The van der Waals surface area contributed by atoms with Gasteiger partial charge in [0.1, 0.15) is 11.1 Å². The van der Waals surface area contributed by atoms with Crippen LogP contribution in [-0.4, -0.2) is 9.91 Å². The van der Waals surface area contributed by atoms with Gasteiger partial charge in [-0.05, 0) is 12.1 Å². The highest BCUT2D eigenvalue weighted by Crippen LogP contribution is 2.39. The third-order valence-corrected chi connectivity index (χ3v) is 2.24. The number of nitro benzene ring substituents is 1. The minimum absolute atomic E-state index is 0.257. The molecule has 1 aromatic carbocycles. The van der Waals surface area contributed by atoms with Crippen molar-refractivity contribution in [2.75, 3.05) is 0 Å². The van der Waals surface area contributed by atoms with Gasteiger partial charge in [0, 0.05) is 11.6 Å². The Hall–Kier alpha value is -2.18. The number of alkyl halides is 3. The van der Waals surface area contributed by atoms with Gasteiger partial charge in [0.2, 0.25) is 0 Å². The van der Waals surface area contributed by atoms with E-state index >= 15 is 0 Å². The molecule has 0 aliphatic rings. The van der Waals surface area contributed by atoms with Crippen molar-refractivity contribution in [3.8, 4) is 0 Å². The maximum Gasteiger partial charge on any atom is 0.423 e. The van der Waals surface area contributed by atoms with Crippen LogP contribution in [0.1, 0.15) is 5.56 Å². The van der Waals surface area contributed by atoms with Gasteiger partial charge in [-0.2, -0.15) is 13.2 Å². The molecule has 0 bridgehead atoms. The van der Waals surface area contributed by atoms with Gasteiger partial charge < -0.3 is 0 Å². The molecule has 0 fully saturated rings. The number of fused-ring (bicyclic) bond motifs is 1. The van der Waals surface area contributed by atoms with Crippen LogP contribution < -0.4 is 0 Å². The van der Waals surface area contributed by atoms with E-state index < -0.39 is 22.4 Å². The molecule has 17 heavy (non-hydrogen) atoms. The lowest BCUT2D eigenvalue weighted by molar-refractivity contribution is -0.386. The second kappa shape index (κ2) is 3.69. The molecule has 0 saturated heterocycles. The Labute approximate surface area is 92.8 Å². The number of rotatable bonds is 1. The van der Waals surface area contributed by atoms with Crippen molar-refractivity contribution < 1.29 is 18.1 Å². The molecule has 1 aromatic heterocycles. The predicted molar refractivity (Wildman–Crippen MR) is 53.4 cm³/mol. The third-order valence-electron chi connectivity index (χ3n) is 2.24. The van der Waals surface area contributed by atoms with Gasteiger partial charge in [0.25, 0.3) is 0 Å². The smallest absolute Gasteiger partial charge is 0.258 e. The van der Waals surface area contributed by atoms with Crippen LogP contribution in [0.25, 0.3) is 10.9 Å². The molecule has 0 spiro atoms. The molecule has 0 atom stereocenters. The Kier molecular flexibility index (Phi) is 2.45. The number of pyridine rings is 1. The lowest BCUT2D eigenvalue weighted by atomic mass is 10.1. The van der Waals surface area contributed by atoms with Gasteiger partial charge in [-0.15, -0.1) is 0 Å². The van der Waals surface area contributed by atoms with Crippen molar-refractivity contribution in [3.63, 3.8) is 0 Å². The highest BCUT2D eigenvalue weighted by molar-refractivity contribution is 5.88. The summed E-state index contributed by atoms with van der Waals surface area (Å²) in [5, 5.41) is 11.0. The molecule has 88 valence electrons. The van der Waals surface area contributed by atoms with E-state index in [2.05, 4.69) is 4.98 Å². The van der Waals surface area contributed by atoms with Gasteiger partial charge in [-0.25, -0.2) is 4.98 Å². The fourth-order valence-electron chi connectivity index (χ4n) is 1.54. The van der Waals surface area contributed by atoms with Gasteiger partial charge >= 0.3 is 11.9 Å². The maximum absolute atomic E-state index is 12.6. The van der Waals surface area contributed by atoms with Crippen molar-refractivity contribution in [2.24, 2.45) is 0 Å². The molecule has 0 saturated carbocycles. The summed E-state index contributed by atoms with van der Waals surface area (Å²) in [4.78, 5) is 13.3. The number of hydrogen-bond donors (Lipinski definition) is 0. The lowest BCUT2D eigenvalue weighted by Gasteiger charge is -2.08. The minimum Gasteiger partial charge on any atom is -0.258 e. The first-order valence-corrected chi connectivity index (χ1v) is 4.50. The van der Waals surface area contributed by atoms with E-state index in [1.165, 1.54) is 18.3 Å². The van der Waals surface area contributed by atoms with Crippen LogP contribution in [0.4, 0.5) is 18.9 Å². The Morgan fingerprint density at radius 3 is 2.53 bits per heavy atom. The third kappa shape index (κ3) is 1.91. The van der Waals surface area contributed by atoms with E-state index in [0.29, 0.717) is 11.5 Å². The summed E-state index contributed by atoms with van der Waals surface area (Å²) in [6.45, 7) is 0. The van der Waals surface area contributed by atoms with Gasteiger partial charge in [-0.1, -0.05) is 12.1 Å². The summed E-state index contributed by atoms with van der Waals surface area (Å²) >= 11 is 0. The average molecular weight is 242 g/mol. The largest absolute Gasteiger partial charge is 0.423 e. The highest BCUT2D eigenvalue weighted by atomic mass is 19.4. The van der Waals surface area contributed by atoms with Crippen molar-refractivity contribution in [2.45, 2.75) is 6.18 Å². The van der Waals surface area contributed by atoms with Gasteiger partial charge in [0.15, 0.2) is 0 Å². The predicted octanol–water partition coefficient (Wildman–Crippen LogP) is 3.16. The molecule has 0 unspecified atom stereocenters. The molecule has 0 aliphatic heterocycles. The first-order valence-electron chi connectivity index (χ1n) is 4.50. The van der Waals surface area contributed by atoms with Crippen LogP contribution in [0.15, 0.2) is 30.5 Å². The molecular weight excluding hydrogens is 237 g/mol. The number of hydrogen-bond acceptors (Lipinski definition) is 3. The van der Waals surface area contributed by atoms with E-state index in [1.54, 1.807) is 0 Å². The molecule has 0 aliphatic carbocycles. The van der Waals surface area contributed by atoms with Gasteiger partial charge in [0.05, 0.1) is 4.92 Å². The molecule has 4 nitrogen and oxygen atoms in total. The standard InChI is InChI=1S/C10H5F3N2O2/c11-10(12,13)7-4-3-6-2-1-5-14-8(6)9(7)15(16)17/h1-5H. The Balaban J connectivity index is 2.87. The van der Waals surface area contributed by atoms with E-state index in [0.717, 1.165) is 6.07 Å². The summed E-state index contributed by atoms with van der Waals surface area (Å²) < 4.78 is 37.8. The summed E-state index contributed by atoms with van der Waals surface area (Å²) in [7, 11) is 0. The van der Waals surface area contributed by atoms with Crippen LogP contribution >= 0.6 is 0 Å². The summed E-state index contributed by atoms with van der Waals surface area (Å²) in [6, 6.07) is 4.83. The zero-order chi connectivity index (χ0) is 12.6. The van der Waals surface area contributed by atoms with E-state index in [-0.39, 0.29) is 5.52 Å². The zero-order valence-corrected chi connectivity index (χ0v) is 8.23. The van der Waals surface area contributed by atoms with Crippen molar-refractivity contribution >= 4 is 16.6 Å². The molecule has 0 N–H and O–H groups in total.